The maximum absolute atomic E-state index is 5.67. The molecule has 0 fully saturated rings. The van der Waals surface area contributed by atoms with Crippen LogP contribution in [0.5, 0.6) is 0 Å². The van der Waals surface area contributed by atoms with Crippen molar-refractivity contribution in [1.29, 1.82) is 0 Å². The fraction of sp³-hybridized carbons (Fsp3) is 0.167. The topological polar surface area (TPSA) is 42.1 Å². The summed E-state index contributed by atoms with van der Waals surface area (Å²) in [4.78, 5) is 4.00. The first-order valence-electron chi connectivity index (χ1n) is 2.90. The van der Waals surface area contributed by atoms with Gasteiger partial charge in [-0.25, -0.2) is 10.8 Å². The molecular weight excluding hydrogens is 229 g/mol. The van der Waals surface area contributed by atoms with Gasteiger partial charge in [-0.2, -0.15) is 0 Å². The Morgan fingerprint density at radius 2 is 2.36 bits per heavy atom. The lowest BCUT2D eigenvalue weighted by atomic mass is 10.4. The lowest BCUT2D eigenvalue weighted by Gasteiger charge is -2.11. The molecule has 0 atom stereocenters. The second-order valence-corrected chi connectivity index (χ2v) is 3.36. The van der Waals surface area contributed by atoms with Crippen molar-refractivity contribution in [3.63, 3.8) is 0 Å². The smallest absolute Gasteiger partial charge is 0.156 e. The highest BCUT2D eigenvalue weighted by Crippen LogP contribution is 2.23. The van der Waals surface area contributed by atoms with Gasteiger partial charge in [0.25, 0.3) is 0 Å². The number of aromatic nitrogens is 1. The van der Waals surface area contributed by atoms with E-state index in [9.17, 15) is 0 Å². The molecule has 1 aromatic rings. The number of rotatable bonds is 1. The lowest BCUT2D eigenvalue weighted by molar-refractivity contribution is 0.971. The van der Waals surface area contributed by atoms with E-state index >= 15 is 0 Å². The molecule has 2 N–H and O–H groups in total. The molecule has 60 valence electrons. The van der Waals surface area contributed by atoms with Crippen LogP contribution < -0.4 is 10.9 Å². The fourth-order valence-corrected chi connectivity index (χ4v) is 1.59. The van der Waals surface area contributed by atoms with Gasteiger partial charge in [0, 0.05) is 13.2 Å². The normalized spacial score (nSPS) is 9.82. The Morgan fingerprint density at radius 3 is 2.82 bits per heavy atom. The second-order valence-electron chi connectivity index (χ2n) is 2.07. The summed E-state index contributed by atoms with van der Waals surface area (Å²) in [6.07, 6.45) is 1.55. The summed E-state index contributed by atoms with van der Waals surface area (Å²) in [5.74, 6) is 6.12. The van der Waals surface area contributed by atoms with Crippen molar-refractivity contribution in [1.82, 2.24) is 4.98 Å². The minimum Gasteiger partial charge on any atom is -0.297 e. The standard InChI is InChI=1S/C6H7BrClN3/c1-11(9)6-5(7)2-4(8)3-10-6/h2-3H,9H2,1H3. The zero-order valence-corrected chi connectivity index (χ0v) is 8.22. The van der Waals surface area contributed by atoms with Crippen LogP contribution in [0.25, 0.3) is 0 Å². The number of hydrazine groups is 1. The van der Waals surface area contributed by atoms with Crippen LogP contribution in [0.15, 0.2) is 16.7 Å². The third-order valence-corrected chi connectivity index (χ3v) is 1.91. The Kier molecular flexibility index (Phi) is 2.70. The third-order valence-electron chi connectivity index (χ3n) is 1.12. The average molecular weight is 236 g/mol. The van der Waals surface area contributed by atoms with E-state index < -0.39 is 0 Å². The summed E-state index contributed by atoms with van der Waals surface area (Å²) in [7, 11) is 1.71. The average Bonchev–Trinajstić information content (AvgIpc) is 1.85. The highest BCUT2D eigenvalue weighted by atomic mass is 79.9. The molecule has 0 radical (unpaired) electrons. The summed E-state index contributed by atoms with van der Waals surface area (Å²) < 4.78 is 0.787. The Labute approximate surface area is 78.3 Å². The van der Waals surface area contributed by atoms with Gasteiger partial charge in [0.1, 0.15) is 0 Å². The van der Waals surface area contributed by atoms with E-state index in [1.165, 1.54) is 5.01 Å². The summed E-state index contributed by atoms with van der Waals surface area (Å²) >= 11 is 8.95. The Balaban J connectivity index is 3.09. The summed E-state index contributed by atoms with van der Waals surface area (Å²) in [6, 6.07) is 1.74. The number of anilines is 1. The highest BCUT2D eigenvalue weighted by molar-refractivity contribution is 9.10. The monoisotopic (exact) mass is 235 g/mol. The first-order valence-corrected chi connectivity index (χ1v) is 4.08. The minimum atomic E-state index is 0.586. The van der Waals surface area contributed by atoms with Gasteiger partial charge in [-0.1, -0.05) is 11.6 Å². The van der Waals surface area contributed by atoms with E-state index in [4.69, 9.17) is 17.4 Å². The van der Waals surface area contributed by atoms with Crippen LogP contribution in [0.2, 0.25) is 5.02 Å². The maximum atomic E-state index is 5.67. The van der Waals surface area contributed by atoms with Crippen LogP contribution in [0.3, 0.4) is 0 Å². The third kappa shape index (κ3) is 2.05. The van der Waals surface area contributed by atoms with Gasteiger partial charge in [-0.3, -0.25) is 5.01 Å². The number of nitrogens with two attached hydrogens (primary N) is 1. The van der Waals surface area contributed by atoms with Gasteiger partial charge in [0.05, 0.1) is 9.50 Å². The predicted octanol–water partition coefficient (Wildman–Crippen LogP) is 1.81. The van der Waals surface area contributed by atoms with E-state index in [-0.39, 0.29) is 0 Å². The maximum Gasteiger partial charge on any atom is 0.156 e. The van der Waals surface area contributed by atoms with Crippen molar-refractivity contribution in [2.45, 2.75) is 0 Å². The molecule has 0 aliphatic rings. The van der Waals surface area contributed by atoms with Crippen LogP contribution in [0.1, 0.15) is 0 Å². The summed E-state index contributed by atoms with van der Waals surface area (Å²) in [5, 5.41) is 2.00. The molecule has 5 heteroatoms. The second kappa shape index (κ2) is 3.38. The number of hydrogen-bond donors (Lipinski definition) is 1. The Bertz CT molecular complexity index is 264. The van der Waals surface area contributed by atoms with Crippen LogP contribution in [0.4, 0.5) is 5.82 Å². The fourth-order valence-electron chi connectivity index (χ4n) is 0.667. The van der Waals surface area contributed by atoms with Gasteiger partial charge in [-0.15, -0.1) is 0 Å². The summed E-state index contributed by atoms with van der Waals surface area (Å²) in [6.45, 7) is 0. The molecule has 1 rings (SSSR count). The predicted molar refractivity (Wildman–Crippen MR) is 49.5 cm³/mol. The van der Waals surface area contributed by atoms with E-state index in [0.717, 1.165) is 4.47 Å². The quantitative estimate of drug-likeness (QED) is 0.597. The molecule has 1 heterocycles. The molecule has 1 aromatic heterocycles. The number of nitrogens with zero attached hydrogens (tertiary/aromatic N) is 2. The van der Waals surface area contributed by atoms with Crippen molar-refractivity contribution >= 4 is 33.3 Å². The van der Waals surface area contributed by atoms with Crippen LogP contribution in [-0.2, 0) is 0 Å². The van der Waals surface area contributed by atoms with Crippen molar-refractivity contribution in [2.75, 3.05) is 12.1 Å². The lowest BCUT2D eigenvalue weighted by Crippen LogP contribution is -2.26. The molecule has 3 nitrogen and oxygen atoms in total. The van der Waals surface area contributed by atoms with Crippen LogP contribution in [-0.4, -0.2) is 12.0 Å². The molecule has 0 spiro atoms. The zero-order valence-electron chi connectivity index (χ0n) is 5.88. The van der Waals surface area contributed by atoms with Crippen LogP contribution in [0, 0.1) is 0 Å². The van der Waals surface area contributed by atoms with Gasteiger partial charge < -0.3 is 0 Å². The number of halogens is 2. The molecule has 0 aliphatic heterocycles. The van der Waals surface area contributed by atoms with Crippen molar-refractivity contribution in [3.05, 3.63) is 21.8 Å². The largest absolute Gasteiger partial charge is 0.297 e. The zero-order chi connectivity index (χ0) is 8.43. The molecule has 0 saturated heterocycles. The van der Waals surface area contributed by atoms with Crippen LogP contribution >= 0.6 is 27.5 Å². The summed E-state index contributed by atoms with van der Waals surface area (Å²) in [5.41, 5.74) is 0. The van der Waals surface area contributed by atoms with Crippen molar-refractivity contribution < 1.29 is 0 Å². The van der Waals surface area contributed by atoms with Gasteiger partial charge in [-0.05, 0) is 22.0 Å². The molecule has 11 heavy (non-hydrogen) atoms. The Morgan fingerprint density at radius 1 is 1.73 bits per heavy atom. The van der Waals surface area contributed by atoms with E-state index in [2.05, 4.69) is 20.9 Å². The SMILES string of the molecule is CN(N)c1ncc(Cl)cc1Br. The van der Waals surface area contributed by atoms with E-state index in [1.807, 2.05) is 0 Å². The van der Waals surface area contributed by atoms with Crippen molar-refractivity contribution in [2.24, 2.45) is 5.84 Å². The first-order chi connectivity index (χ1) is 5.11. The molecular formula is C6H7BrClN3. The Hall–Kier alpha value is -0.320. The number of pyridine rings is 1. The van der Waals surface area contributed by atoms with Crippen molar-refractivity contribution in [3.8, 4) is 0 Å². The first kappa shape index (κ1) is 8.77. The molecule has 0 aromatic carbocycles. The van der Waals surface area contributed by atoms with Gasteiger partial charge >= 0.3 is 0 Å². The van der Waals surface area contributed by atoms with Gasteiger partial charge in [0.2, 0.25) is 0 Å². The highest BCUT2D eigenvalue weighted by Gasteiger charge is 2.03. The number of hydrogen-bond acceptors (Lipinski definition) is 3. The molecule has 0 amide bonds. The molecule has 0 unspecified atom stereocenters. The molecule has 0 bridgehead atoms. The minimum absolute atomic E-state index is 0.586. The van der Waals surface area contributed by atoms with E-state index in [1.54, 1.807) is 19.3 Å². The van der Waals surface area contributed by atoms with E-state index in [0.29, 0.717) is 10.8 Å². The van der Waals surface area contributed by atoms with Gasteiger partial charge in [0.15, 0.2) is 5.82 Å². The molecule has 0 saturated carbocycles. The molecule has 0 aliphatic carbocycles.